The molecule has 0 unspecified atom stereocenters. The number of nitrogens with one attached hydrogen (secondary N) is 1. The molecule has 3 aromatic rings. The summed E-state index contributed by atoms with van der Waals surface area (Å²) in [5.41, 5.74) is 0.662. The number of hydrogen-bond acceptors (Lipinski definition) is 6. The van der Waals surface area contributed by atoms with Crippen molar-refractivity contribution in [2.45, 2.75) is 12.1 Å². The Hall–Kier alpha value is -2.12. The zero-order chi connectivity index (χ0) is 16.1. The number of carbonyl (C=O) groups excluding carboxylic acids is 1. The van der Waals surface area contributed by atoms with Gasteiger partial charge in [0, 0.05) is 5.56 Å². The van der Waals surface area contributed by atoms with Crippen LogP contribution in [0.3, 0.4) is 0 Å². The molecule has 0 atom stereocenters. The van der Waals surface area contributed by atoms with Gasteiger partial charge in [0.05, 0.1) is 17.2 Å². The Kier molecular flexibility index (Phi) is 5.09. The molecule has 0 radical (unpaired) electrons. The lowest BCUT2D eigenvalue weighted by atomic mass is 10.1. The third-order valence-electron chi connectivity index (χ3n) is 3.04. The van der Waals surface area contributed by atoms with E-state index in [9.17, 15) is 4.79 Å². The lowest BCUT2D eigenvalue weighted by Crippen LogP contribution is -2.02. The first kappa shape index (κ1) is 15.8. The minimum absolute atomic E-state index is 0.0422. The summed E-state index contributed by atoms with van der Waals surface area (Å²) in [6, 6.07) is 11.1. The maximum absolute atomic E-state index is 12.2. The second-order valence-corrected chi connectivity index (χ2v) is 6.50. The molecule has 0 fully saturated rings. The molecule has 0 amide bonds. The Labute approximate surface area is 142 Å². The van der Waals surface area contributed by atoms with Crippen LogP contribution in [0.15, 0.2) is 46.9 Å². The number of aromatic nitrogens is 3. The molecule has 23 heavy (non-hydrogen) atoms. The molecule has 1 aromatic carbocycles. The number of nitrogens with zero attached hydrogens (tertiary/aromatic N) is 2. The highest BCUT2D eigenvalue weighted by atomic mass is 32.2. The van der Waals surface area contributed by atoms with Gasteiger partial charge in [0.1, 0.15) is 5.75 Å². The average Bonchev–Trinajstić information content (AvgIpc) is 3.25. The van der Waals surface area contributed by atoms with Gasteiger partial charge in [0.15, 0.2) is 11.6 Å². The second-order valence-electron chi connectivity index (χ2n) is 4.61. The van der Waals surface area contributed by atoms with Crippen molar-refractivity contribution in [3.8, 4) is 16.5 Å². The number of rotatable bonds is 7. The number of H-pyrrole nitrogens is 1. The second kappa shape index (κ2) is 7.43. The molecular weight excluding hydrogens is 330 g/mol. The number of thioether (sulfide) groups is 1. The van der Waals surface area contributed by atoms with Crippen molar-refractivity contribution in [3.05, 3.63) is 47.3 Å². The highest BCUT2D eigenvalue weighted by molar-refractivity contribution is 7.99. The summed E-state index contributed by atoms with van der Waals surface area (Å²) in [7, 11) is 0. The smallest absolute Gasteiger partial charge is 0.209 e. The van der Waals surface area contributed by atoms with E-state index < -0.39 is 0 Å². The Balaban J connectivity index is 1.58. The molecule has 118 valence electrons. The van der Waals surface area contributed by atoms with Gasteiger partial charge < -0.3 is 4.74 Å². The van der Waals surface area contributed by atoms with E-state index in [0.717, 1.165) is 16.5 Å². The third kappa shape index (κ3) is 4.00. The van der Waals surface area contributed by atoms with Gasteiger partial charge in [-0.25, -0.2) is 4.98 Å². The van der Waals surface area contributed by atoms with Crippen molar-refractivity contribution >= 4 is 28.9 Å². The first-order valence-electron chi connectivity index (χ1n) is 7.11. The van der Waals surface area contributed by atoms with Crippen LogP contribution in [-0.2, 0) is 0 Å². The van der Waals surface area contributed by atoms with Crippen molar-refractivity contribution in [1.82, 2.24) is 15.2 Å². The van der Waals surface area contributed by atoms with E-state index in [1.54, 1.807) is 23.5 Å². The van der Waals surface area contributed by atoms with E-state index in [4.69, 9.17) is 4.74 Å². The van der Waals surface area contributed by atoms with E-state index in [-0.39, 0.29) is 5.78 Å². The number of carbonyl (C=O) groups is 1. The van der Waals surface area contributed by atoms with Crippen molar-refractivity contribution in [3.63, 3.8) is 0 Å². The third-order valence-corrected chi connectivity index (χ3v) is 4.76. The van der Waals surface area contributed by atoms with Crippen LogP contribution in [0.4, 0.5) is 0 Å². The van der Waals surface area contributed by atoms with Crippen LogP contribution in [0.5, 0.6) is 5.75 Å². The molecule has 0 saturated heterocycles. The molecule has 1 N–H and O–H groups in total. The van der Waals surface area contributed by atoms with Crippen LogP contribution in [-0.4, -0.2) is 33.3 Å². The van der Waals surface area contributed by atoms with Gasteiger partial charge in [0.2, 0.25) is 5.16 Å². The van der Waals surface area contributed by atoms with E-state index in [0.29, 0.717) is 23.1 Å². The fourth-order valence-electron chi connectivity index (χ4n) is 1.95. The normalized spacial score (nSPS) is 10.7. The van der Waals surface area contributed by atoms with Gasteiger partial charge >= 0.3 is 0 Å². The summed E-state index contributed by atoms with van der Waals surface area (Å²) >= 11 is 2.92. The maximum atomic E-state index is 12.2. The topological polar surface area (TPSA) is 67.9 Å². The Morgan fingerprint density at radius 3 is 2.83 bits per heavy atom. The summed E-state index contributed by atoms with van der Waals surface area (Å²) in [5.74, 6) is 1.85. The predicted molar refractivity (Wildman–Crippen MR) is 92.4 cm³/mol. The van der Waals surface area contributed by atoms with Crippen molar-refractivity contribution in [1.29, 1.82) is 0 Å². The Morgan fingerprint density at radius 2 is 2.13 bits per heavy atom. The maximum Gasteiger partial charge on any atom is 0.209 e. The standard InChI is InChI=1S/C16H15N3O2S2/c1-2-21-12-7-5-11(6-8-12)13(20)10-23-16-17-15(18-19-16)14-4-3-9-22-14/h3-9H,2,10H2,1H3,(H,17,18,19). The van der Waals surface area contributed by atoms with Crippen LogP contribution < -0.4 is 4.74 Å². The summed E-state index contributed by atoms with van der Waals surface area (Å²) in [5, 5.41) is 9.59. The number of ketones is 1. The van der Waals surface area contributed by atoms with Crippen LogP contribution >= 0.6 is 23.1 Å². The summed E-state index contributed by atoms with van der Waals surface area (Å²) in [6.45, 7) is 2.54. The zero-order valence-electron chi connectivity index (χ0n) is 12.5. The van der Waals surface area contributed by atoms with E-state index >= 15 is 0 Å². The van der Waals surface area contributed by atoms with Crippen molar-refractivity contribution in [2.24, 2.45) is 0 Å². The van der Waals surface area contributed by atoms with Gasteiger partial charge in [-0.1, -0.05) is 17.8 Å². The molecule has 2 heterocycles. The first-order chi connectivity index (χ1) is 11.3. The van der Waals surface area contributed by atoms with Crippen LogP contribution in [0.25, 0.3) is 10.7 Å². The predicted octanol–water partition coefficient (Wildman–Crippen LogP) is 3.91. The molecule has 0 bridgehead atoms. The minimum Gasteiger partial charge on any atom is -0.494 e. The van der Waals surface area contributed by atoms with Crippen molar-refractivity contribution < 1.29 is 9.53 Å². The molecule has 0 aliphatic rings. The fourth-order valence-corrected chi connectivity index (χ4v) is 3.31. The highest BCUT2D eigenvalue weighted by Gasteiger charge is 2.11. The molecule has 0 saturated carbocycles. The van der Waals surface area contributed by atoms with Gasteiger partial charge in [-0.2, -0.15) is 0 Å². The Bertz CT molecular complexity index is 767. The molecule has 0 aliphatic carbocycles. The van der Waals surface area contributed by atoms with E-state index in [2.05, 4.69) is 15.2 Å². The fraction of sp³-hybridized carbons (Fsp3) is 0.188. The molecule has 0 spiro atoms. The zero-order valence-corrected chi connectivity index (χ0v) is 14.1. The quantitative estimate of drug-likeness (QED) is 0.519. The SMILES string of the molecule is CCOc1ccc(C(=O)CSc2n[nH]c(-c3cccs3)n2)cc1. The molecule has 2 aromatic heterocycles. The van der Waals surface area contributed by atoms with Crippen molar-refractivity contribution in [2.75, 3.05) is 12.4 Å². The summed E-state index contributed by atoms with van der Waals surface area (Å²) in [6.07, 6.45) is 0. The van der Waals surface area contributed by atoms with Crippen LogP contribution in [0, 0.1) is 0 Å². The van der Waals surface area contributed by atoms with Gasteiger partial charge in [0.25, 0.3) is 0 Å². The number of hydrogen-bond donors (Lipinski definition) is 1. The lowest BCUT2D eigenvalue weighted by Gasteiger charge is -2.03. The lowest BCUT2D eigenvalue weighted by molar-refractivity contribution is 0.102. The first-order valence-corrected chi connectivity index (χ1v) is 8.98. The van der Waals surface area contributed by atoms with E-state index in [1.807, 2.05) is 36.6 Å². The molecular formula is C16H15N3O2S2. The molecule has 0 aliphatic heterocycles. The average molecular weight is 345 g/mol. The van der Waals surface area contributed by atoms with Gasteiger partial charge in [-0.15, -0.1) is 16.4 Å². The monoisotopic (exact) mass is 345 g/mol. The highest BCUT2D eigenvalue weighted by Crippen LogP contribution is 2.23. The van der Waals surface area contributed by atoms with Gasteiger partial charge in [-0.05, 0) is 42.6 Å². The van der Waals surface area contributed by atoms with E-state index in [1.165, 1.54) is 11.8 Å². The molecule has 5 nitrogen and oxygen atoms in total. The molecule has 3 rings (SSSR count). The Morgan fingerprint density at radius 1 is 1.30 bits per heavy atom. The number of thiophene rings is 1. The number of Topliss-reactive ketones (excluding diaryl/α,β-unsaturated/α-hetero) is 1. The van der Waals surface area contributed by atoms with Gasteiger partial charge in [-0.3, -0.25) is 9.89 Å². The van der Waals surface area contributed by atoms with Crippen LogP contribution in [0.2, 0.25) is 0 Å². The number of benzene rings is 1. The van der Waals surface area contributed by atoms with Crippen LogP contribution in [0.1, 0.15) is 17.3 Å². The number of aromatic amines is 1. The molecule has 7 heteroatoms. The largest absolute Gasteiger partial charge is 0.494 e. The minimum atomic E-state index is 0.0422. The number of ether oxygens (including phenoxy) is 1. The summed E-state index contributed by atoms with van der Waals surface area (Å²) < 4.78 is 5.37. The summed E-state index contributed by atoms with van der Waals surface area (Å²) in [4.78, 5) is 17.6.